The number of nitrogens with one attached hydrogen (secondary N) is 1. The molecular weight excluding hydrogens is 410 g/mol. The van der Waals surface area contributed by atoms with Crippen LogP contribution in [0.5, 0.6) is 0 Å². The van der Waals surface area contributed by atoms with Crippen LogP contribution in [-0.2, 0) is 4.79 Å². The van der Waals surface area contributed by atoms with Crippen LogP contribution in [-0.4, -0.2) is 31.1 Å². The minimum atomic E-state index is -0.379. The van der Waals surface area contributed by atoms with E-state index in [0.717, 1.165) is 29.4 Å². The Morgan fingerprint density at radius 2 is 2.07 bits per heavy atom. The lowest BCUT2D eigenvalue weighted by atomic mass is 10.2. The summed E-state index contributed by atoms with van der Waals surface area (Å²) in [5.74, 6) is 1.65. The number of anilines is 1. The van der Waals surface area contributed by atoms with Gasteiger partial charge in [-0.3, -0.25) is 9.36 Å². The van der Waals surface area contributed by atoms with Crippen molar-refractivity contribution in [2.45, 2.75) is 56.0 Å². The van der Waals surface area contributed by atoms with E-state index < -0.39 is 0 Å². The molecule has 1 fully saturated rings. The molecule has 4 rings (SSSR count). The Bertz CT molecular complexity index is 1010. The van der Waals surface area contributed by atoms with Gasteiger partial charge in [-0.2, -0.15) is 0 Å². The lowest BCUT2D eigenvalue weighted by molar-refractivity contribution is -0.115. The second-order valence-corrected chi connectivity index (χ2v) is 8.88. The van der Waals surface area contributed by atoms with Gasteiger partial charge in [-0.1, -0.05) is 53.5 Å². The van der Waals surface area contributed by atoms with Gasteiger partial charge in [0.2, 0.25) is 5.91 Å². The second-order valence-electron chi connectivity index (χ2n) is 7.17. The molecule has 29 heavy (non-hydrogen) atoms. The maximum Gasteiger partial charge on any atom is 0.238 e. The molecule has 1 saturated carbocycles. The van der Waals surface area contributed by atoms with Crippen LogP contribution in [0.1, 0.15) is 44.4 Å². The van der Waals surface area contributed by atoms with Crippen molar-refractivity contribution in [1.29, 1.82) is 0 Å². The lowest BCUT2D eigenvalue weighted by Gasteiger charge is -2.18. The van der Waals surface area contributed by atoms with Crippen LogP contribution in [0.3, 0.4) is 0 Å². The predicted molar refractivity (Wildman–Crippen MR) is 113 cm³/mol. The van der Waals surface area contributed by atoms with Crippen LogP contribution in [0.25, 0.3) is 11.4 Å². The number of aryl methyl sites for hydroxylation is 1. The average molecular weight is 432 g/mol. The molecule has 3 aromatic rings. The molecule has 1 N–H and O–H groups in total. The lowest BCUT2D eigenvalue weighted by Crippen LogP contribution is -2.23. The third-order valence-electron chi connectivity index (χ3n) is 5.00. The molecule has 1 amide bonds. The number of halogens is 1. The fraction of sp³-hybridized carbons (Fsp3) is 0.400. The molecule has 1 aromatic carbocycles. The van der Waals surface area contributed by atoms with Crippen molar-refractivity contribution in [2.24, 2.45) is 0 Å². The highest BCUT2D eigenvalue weighted by molar-refractivity contribution is 8.00. The minimum Gasteiger partial charge on any atom is -0.360 e. The first-order valence-corrected chi connectivity index (χ1v) is 10.9. The number of nitrogens with zero attached hydrogens (tertiary/aromatic N) is 4. The van der Waals surface area contributed by atoms with Gasteiger partial charge in [-0.05, 0) is 38.8 Å². The summed E-state index contributed by atoms with van der Waals surface area (Å²) >= 11 is 7.82. The first-order valence-electron chi connectivity index (χ1n) is 9.63. The van der Waals surface area contributed by atoms with Gasteiger partial charge in [0.1, 0.15) is 5.76 Å². The predicted octanol–water partition coefficient (Wildman–Crippen LogP) is 5.13. The summed E-state index contributed by atoms with van der Waals surface area (Å²) in [4.78, 5) is 12.6. The molecule has 9 heteroatoms. The van der Waals surface area contributed by atoms with Gasteiger partial charge in [0.05, 0.1) is 10.3 Å². The Morgan fingerprint density at radius 3 is 2.76 bits per heavy atom. The molecule has 2 aromatic heterocycles. The molecule has 0 spiro atoms. The van der Waals surface area contributed by atoms with Gasteiger partial charge >= 0.3 is 0 Å². The smallest absolute Gasteiger partial charge is 0.238 e. The van der Waals surface area contributed by atoms with Crippen LogP contribution >= 0.6 is 23.4 Å². The van der Waals surface area contributed by atoms with Crippen LogP contribution in [0.4, 0.5) is 5.82 Å². The number of hydrogen-bond acceptors (Lipinski definition) is 6. The summed E-state index contributed by atoms with van der Waals surface area (Å²) in [6.07, 6.45) is 4.50. The molecule has 1 aliphatic rings. The monoisotopic (exact) mass is 431 g/mol. The van der Waals surface area contributed by atoms with E-state index in [1.165, 1.54) is 24.6 Å². The summed E-state index contributed by atoms with van der Waals surface area (Å²) < 4.78 is 7.16. The molecule has 2 heterocycles. The van der Waals surface area contributed by atoms with Crippen molar-refractivity contribution in [1.82, 2.24) is 19.9 Å². The average Bonchev–Trinajstić information content (AvgIpc) is 3.43. The van der Waals surface area contributed by atoms with E-state index in [9.17, 15) is 4.79 Å². The SMILES string of the molecule is Cc1cc(NC(=O)[C@@H](C)Sc2nnc(-c3ccccc3Cl)n2C2CCCC2)no1. The fourth-order valence-corrected chi connectivity index (χ4v) is 4.68. The van der Waals surface area contributed by atoms with Gasteiger partial charge in [0.15, 0.2) is 16.8 Å². The zero-order valence-electron chi connectivity index (χ0n) is 16.3. The summed E-state index contributed by atoms with van der Waals surface area (Å²) in [6.45, 7) is 3.62. The Hall–Kier alpha value is -2.32. The van der Waals surface area contributed by atoms with E-state index in [-0.39, 0.29) is 11.2 Å². The van der Waals surface area contributed by atoms with Crippen molar-refractivity contribution in [3.05, 3.63) is 41.1 Å². The number of hydrogen-bond donors (Lipinski definition) is 1. The summed E-state index contributed by atoms with van der Waals surface area (Å²) in [5.41, 5.74) is 0.857. The zero-order valence-corrected chi connectivity index (χ0v) is 17.8. The van der Waals surface area contributed by atoms with Crippen LogP contribution in [0, 0.1) is 6.92 Å². The van der Waals surface area contributed by atoms with Gasteiger partial charge in [0, 0.05) is 17.7 Å². The van der Waals surface area contributed by atoms with Gasteiger partial charge in [0.25, 0.3) is 0 Å². The number of rotatable bonds is 6. The number of benzene rings is 1. The molecule has 1 atom stereocenters. The molecule has 0 saturated heterocycles. The van der Waals surface area contributed by atoms with Crippen molar-refractivity contribution in [2.75, 3.05) is 5.32 Å². The molecule has 1 aliphatic carbocycles. The maximum absolute atomic E-state index is 12.6. The van der Waals surface area contributed by atoms with Gasteiger partial charge in [-0.25, -0.2) is 0 Å². The van der Waals surface area contributed by atoms with Crippen LogP contribution < -0.4 is 5.32 Å². The zero-order chi connectivity index (χ0) is 20.4. The van der Waals surface area contributed by atoms with Crippen molar-refractivity contribution >= 4 is 35.1 Å². The van der Waals surface area contributed by atoms with E-state index in [4.69, 9.17) is 16.1 Å². The molecular formula is C20H22ClN5O2S. The highest BCUT2D eigenvalue weighted by Gasteiger charge is 2.28. The Morgan fingerprint density at radius 1 is 1.31 bits per heavy atom. The topological polar surface area (TPSA) is 85.8 Å². The maximum atomic E-state index is 12.6. The molecule has 0 aliphatic heterocycles. The van der Waals surface area contributed by atoms with Crippen LogP contribution in [0.15, 0.2) is 40.0 Å². The Labute approximate surface area is 178 Å². The number of amides is 1. The summed E-state index contributed by atoms with van der Waals surface area (Å²) in [7, 11) is 0. The molecule has 0 bridgehead atoms. The van der Waals surface area contributed by atoms with E-state index >= 15 is 0 Å². The summed E-state index contributed by atoms with van der Waals surface area (Å²) in [5, 5.41) is 16.4. The molecule has 152 valence electrons. The standard InChI is InChI=1S/C20H22ClN5O2S/c1-12-11-17(25-28-12)22-19(27)13(2)29-20-24-23-18(15-9-5-6-10-16(15)21)26(20)14-7-3-4-8-14/h5-6,9-11,13-14H,3-4,7-8H2,1-2H3,(H,22,25,27)/t13-/m1/s1. The van der Waals surface area contributed by atoms with E-state index in [1.807, 2.05) is 31.2 Å². The molecule has 0 unspecified atom stereocenters. The number of carbonyl (C=O) groups excluding carboxylic acids is 1. The third kappa shape index (κ3) is 4.33. The number of thioether (sulfide) groups is 1. The largest absolute Gasteiger partial charge is 0.360 e. The van der Waals surface area contributed by atoms with Crippen molar-refractivity contribution in [3.8, 4) is 11.4 Å². The number of aromatic nitrogens is 4. The normalized spacial score (nSPS) is 15.6. The molecule has 7 nitrogen and oxygen atoms in total. The highest BCUT2D eigenvalue weighted by Crippen LogP contribution is 2.39. The fourth-order valence-electron chi connectivity index (χ4n) is 3.54. The minimum absolute atomic E-state index is 0.163. The second kappa shape index (κ2) is 8.59. The first-order chi connectivity index (χ1) is 14.0. The third-order valence-corrected chi connectivity index (χ3v) is 6.39. The van der Waals surface area contributed by atoms with E-state index in [1.54, 1.807) is 13.0 Å². The van der Waals surface area contributed by atoms with Crippen molar-refractivity contribution in [3.63, 3.8) is 0 Å². The molecule has 0 radical (unpaired) electrons. The summed E-state index contributed by atoms with van der Waals surface area (Å²) in [6, 6.07) is 9.65. The first kappa shape index (κ1) is 20.0. The number of carbonyl (C=O) groups is 1. The van der Waals surface area contributed by atoms with E-state index in [2.05, 4.69) is 25.2 Å². The highest BCUT2D eigenvalue weighted by atomic mass is 35.5. The van der Waals surface area contributed by atoms with Gasteiger partial charge in [-0.15, -0.1) is 10.2 Å². The van der Waals surface area contributed by atoms with Gasteiger partial charge < -0.3 is 9.84 Å². The van der Waals surface area contributed by atoms with Crippen molar-refractivity contribution < 1.29 is 9.32 Å². The Kier molecular flexibility index (Phi) is 5.91. The van der Waals surface area contributed by atoms with E-state index in [0.29, 0.717) is 22.6 Å². The Balaban J connectivity index is 1.60. The van der Waals surface area contributed by atoms with Crippen LogP contribution in [0.2, 0.25) is 5.02 Å². The quantitative estimate of drug-likeness (QED) is 0.544.